The molecule has 2 rings (SSSR count). The number of alkyl halides is 1. The number of rotatable bonds is 4. The first-order valence-corrected chi connectivity index (χ1v) is 7.67. The standard InChI is InChI=1S/C14H25ClO2/c15-9-4-5-13(16)12-6-10-17-14(11-12)7-2-1-3-8-14/h12-13,16H,1-11H2. The average molecular weight is 261 g/mol. The van der Waals surface area contributed by atoms with E-state index in [0.717, 1.165) is 32.3 Å². The fraction of sp³-hybridized carbons (Fsp3) is 1.00. The summed E-state index contributed by atoms with van der Waals surface area (Å²) in [7, 11) is 0. The van der Waals surface area contributed by atoms with Crippen LogP contribution >= 0.6 is 11.6 Å². The third-order valence-corrected chi connectivity index (χ3v) is 4.74. The first-order valence-electron chi connectivity index (χ1n) is 7.14. The maximum absolute atomic E-state index is 10.2. The summed E-state index contributed by atoms with van der Waals surface area (Å²) in [6.45, 7) is 0.836. The topological polar surface area (TPSA) is 29.5 Å². The molecule has 100 valence electrons. The number of ether oxygens (including phenoxy) is 1. The zero-order valence-electron chi connectivity index (χ0n) is 10.7. The van der Waals surface area contributed by atoms with Crippen LogP contribution in [-0.4, -0.2) is 29.3 Å². The first kappa shape index (κ1) is 13.6. The van der Waals surface area contributed by atoms with Gasteiger partial charge < -0.3 is 9.84 Å². The molecule has 1 saturated heterocycles. The lowest BCUT2D eigenvalue weighted by Gasteiger charge is -2.44. The second-order valence-corrected chi connectivity index (χ2v) is 6.12. The van der Waals surface area contributed by atoms with Gasteiger partial charge in [0, 0.05) is 12.5 Å². The van der Waals surface area contributed by atoms with Gasteiger partial charge in [-0.3, -0.25) is 0 Å². The van der Waals surface area contributed by atoms with E-state index in [2.05, 4.69) is 0 Å². The van der Waals surface area contributed by atoms with E-state index in [4.69, 9.17) is 16.3 Å². The van der Waals surface area contributed by atoms with Gasteiger partial charge in [-0.1, -0.05) is 19.3 Å². The van der Waals surface area contributed by atoms with Crippen LogP contribution in [0.4, 0.5) is 0 Å². The molecule has 0 amide bonds. The van der Waals surface area contributed by atoms with Gasteiger partial charge in [0.2, 0.25) is 0 Å². The number of aliphatic hydroxyl groups excluding tert-OH is 1. The molecule has 2 unspecified atom stereocenters. The molecule has 1 aliphatic carbocycles. The van der Waals surface area contributed by atoms with Crippen molar-refractivity contribution in [1.29, 1.82) is 0 Å². The molecule has 0 aromatic heterocycles. The SMILES string of the molecule is OC(CCCCl)C1CCOC2(CCCCC2)C1. The summed E-state index contributed by atoms with van der Waals surface area (Å²) in [4.78, 5) is 0. The Kier molecular flexibility index (Phi) is 5.13. The first-order chi connectivity index (χ1) is 8.26. The van der Waals surface area contributed by atoms with Crippen LogP contribution in [0.3, 0.4) is 0 Å². The summed E-state index contributed by atoms with van der Waals surface area (Å²) in [5, 5.41) is 10.2. The summed E-state index contributed by atoms with van der Waals surface area (Å²) in [6.07, 6.45) is 10.0. The van der Waals surface area contributed by atoms with Crippen molar-refractivity contribution in [2.75, 3.05) is 12.5 Å². The molecular weight excluding hydrogens is 236 g/mol. The van der Waals surface area contributed by atoms with Crippen LogP contribution in [0.1, 0.15) is 57.8 Å². The molecule has 3 heteroatoms. The van der Waals surface area contributed by atoms with Gasteiger partial charge in [-0.2, -0.15) is 0 Å². The Balaban J connectivity index is 1.87. The average Bonchev–Trinajstić information content (AvgIpc) is 2.37. The van der Waals surface area contributed by atoms with E-state index < -0.39 is 0 Å². The Morgan fingerprint density at radius 1 is 1.29 bits per heavy atom. The van der Waals surface area contributed by atoms with E-state index >= 15 is 0 Å². The maximum Gasteiger partial charge on any atom is 0.0686 e. The lowest BCUT2D eigenvalue weighted by Crippen LogP contribution is -2.44. The minimum Gasteiger partial charge on any atom is -0.393 e. The molecule has 2 fully saturated rings. The smallest absolute Gasteiger partial charge is 0.0686 e. The van der Waals surface area contributed by atoms with Crippen LogP contribution in [0.15, 0.2) is 0 Å². The molecule has 2 nitrogen and oxygen atoms in total. The van der Waals surface area contributed by atoms with Gasteiger partial charge in [0.15, 0.2) is 0 Å². The Morgan fingerprint density at radius 3 is 2.76 bits per heavy atom. The highest BCUT2D eigenvalue weighted by Gasteiger charge is 2.40. The van der Waals surface area contributed by atoms with Gasteiger partial charge in [0.1, 0.15) is 0 Å². The van der Waals surface area contributed by atoms with Crippen molar-refractivity contribution in [3.63, 3.8) is 0 Å². The number of halogens is 1. The number of hydrogen-bond donors (Lipinski definition) is 1. The molecule has 0 aromatic rings. The van der Waals surface area contributed by atoms with E-state index in [9.17, 15) is 5.11 Å². The monoisotopic (exact) mass is 260 g/mol. The minimum absolute atomic E-state index is 0.114. The zero-order valence-corrected chi connectivity index (χ0v) is 11.4. The Hall–Kier alpha value is 0.210. The fourth-order valence-electron chi connectivity index (χ4n) is 3.46. The van der Waals surface area contributed by atoms with Crippen molar-refractivity contribution in [3.05, 3.63) is 0 Å². The molecule has 1 aliphatic heterocycles. The fourth-order valence-corrected chi connectivity index (χ4v) is 3.61. The van der Waals surface area contributed by atoms with E-state index in [1.165, 1.54) is 32.1 Å². The molecule has 0 aromatic carbocycles. The van der Waals surface area contributed by atoms with Crippen molar-refractivity contribution in [1.82, 2.24) is 0 Å². The van der Waals surface area contributed by atoms with Crippen molar-refractivity contribution in [2.45, 2.75) is 69.5 Å². The molecule has 0 radical (unpaired) electrons. The third-order valence-electron chi connectivity index (χ3n) is 4.47. The Morgan fingerprint density at radius 2 is 2.06 bits per heavy atom. The summed E-state index contributed by atoms with van der Waals surface area (Å²) in [5.41, 5.74) is 0.114. The molecule has 1 saturated carbocycles. The number of aliphatic hydroxyl groups is 1. The summed E-state index contributed by atoms with van der Waals surface area (Å²) in [5.74, 6) is 1.09. The second kappa shape index (κ2) is 6.40. The van der Waals surface area contributed by atoms with Gasteiger partial charge in [-0.25, -0.2) is 0 Å². The molecule has 2 aliphatic rings. The highest BCUT2D eigenvalue weighted by Crippen LogP contribution is 2.41. The van der Waals surface area contributed by atoms with Crippen molar-refractivity contribution >= 4 is 11.6 Å². The molecule has 2 atom stereocenters. The van der Waals surface area contributed by atoms with Crippen molar-refractivity contribution in [3.8, 4) is 0 Å². The van der Waals surface area contributed by atoms with E-state index in [1.807, 2.05) is 0 Å². The Labute approximate surface area is 110 Å². The van der Waals surface area contributed by atoms with Crippen LogP contribution in [-0.2, 0) is 4.74 Å². The molecular formula is C14H25ClO2. The van der Waals surface area contributed by atoms with Crippen molar-refractivity contribution in [2.24, 2.45) is 5.92 Å². The molecule has 17 heavy (non-hydrogen) atoms. The van der Waals surface area contributed by atoms with Crippen LogP contribution in [0.2, 0.25) is 0 Å². The predicted molar refractivity (Wildman–Crippen MR) is 70.5 cm³/mol. The van der Waals surface area contributed by atoms with Crippen molar-refractivity contribution < 1.29 is 9.84 Å². The molecule has 0 bridgehead atoms. The van der Waals surface area contributed by atoms with Crippen LogP contribution in [0.5, 0.6) is 0 Å². The van der Waals surface area contributed by atoms with Gasteiger partial charge in [0.05, 0.1) is 11.7 Å². The van der Waals surface area contributed by atoms with Crippen LogP contribution in [0.25, 0.3) is 0 Å². The summed E-state index contributed by atoms with van der Waals surface area (Å²) in [6, 6.07) is 0. The highest BCUT2D eigenvalue weighted by atomic mass is 35.5. The Bertz CT molecular complexity index is 221. The quantitative estimate of drug-likeness (QED) is 0.784. The minimum atomic E-state index is -0.170. The normalized spacial score (nSPS) is 30.4. The summed E-state index contributed by atoms with van der Waals surface area (Å²) >= 11 is 5.69. The van der Waals surface area contributed by atoms with Crippen LogP contribution < -0.4 is 0 Å². The molecule has 1 heterocycles. The van der Waals surface area contributed by atoms with E-state index in [-0.39, 0.29) is 11.7 Å². The van der Waals surface area contributed by atoms with Gasteiger partial charge in [0.25, 0.3) is 0 Å². The van der Waals surface area contributed by atoms with Crippen LogP contribution in [0, 0.1) is 5.92 Å². The lowest BCUT2D eigenvalue weighted by molar-refractivity contribution is -0.134. The number of hydrogen-bond acceptors (Lipinski definition) is 2. The third kappa shape index (κ3) is 3.59. The molecule has 1 N–H and O–H groups in total. The van der Waals surface area contributed by atoms with Gasteiger partial charge in [-0.05, 0) is 44.4 Å². The highest BCUT2D eigenvalue weighted by molar-refractivity contribution is 6.17. The molecule has 1 spiro atoms. The largest absolute Gasteiger partial charge is 0.393 e. The zero-order chi connectivity index (χ0) is 12.1. The van der Waals surface area contributed by atoms with E-state index in [0.29, 0.717) is 11.8 Å². The second-order valence-electron chi connectivity index (χ2n) is 5.74. The maximum atomic E-state index is 10.2. The van der Waals surface area contributed by atoms with E-state index in [1.54, 1.807) is 0 Å². The van der Waals surface area contributed by atoms with Gasteiger partial charge >= 0.3 is 0 Å². The summed E-state index contributed by atoms with van der Waals surface area (Å²) < 4.78 is 6.05. The predicted octanol–water partition coefficient (Wildman–Crippen LogP) is 3.50. The van der Waals surface area contributed by atoms with Gasteiger partial charge in [-0.15, -0.1) is 11.6 Å². The lowest BCUT2D eigenvalue weighted by atomic mass is 9.74.